The minimum absolute atomic E-state index is 0.308. The van der Waals surface area contributed by atoms with Gasteiger partial charge in [-0.05, 0) is 29.8 Å². The van der Waals surface area contributed by atoms with E-state index in [2.05, 4.69) is 0 Å². The minimum Gasteiger partial charge on any atom is -0.497 e. The maximum atomic E-state index is 12.2. The molecule has 5 unspecified atom stereocenters. The molecule has 1 aromatic heterocycles. The standard InChI is InChI=1S/C29H32N2O10S/c1-16(32)37-15-24-25(38-17(2)33)26(39-18(3)34)27(40-19(4)35)28(41-24)42-29-30-22-8-6-7-9-23(22)31(29)14-20-10-12-21(36-5)13-11-20/h6-13,24-28H,14-15H2,1-5H3. The van der Waals surface area contributed by atoms with E-state index in [1.165, 1.54) is 27.7 Å². The van der Waals surface area contributed by atoms with Gasteiger partial charge in [0.1, 0.15) is 18.5 Å². The van der Waals surface area contributed by atoms with E-state index < -0.39 is 53.7 Å². The van der Waals surface area contributed by atoms with Crippen molar-refractivity contribution in [2.75, 3.05) is 13.7 Å². The first-order valence-electron chi connectivity index (χ1n) is 13.1. The SMILES string of the molecule is COc1ccc(Cn2c(SC3OC(COC(C)=O)C(OC(C)=O)C(OC(C)=O)C3OC(C)=O)nc3ccccc32)cc1. The molecule has 0 bridgehead atoms. The van der Waals surface area contributed by atoms with Gasteiger partial charge in [-0.15, -0.1) is 0 Å². The first kappa shape index (κ1) is 30.8. The highest BCUT2D eigenvalue weighted by Gasteiger charge is 2.52. The van der Waals surface area contributed by atoms with Crippen LogP contribution in [0.25, 0.3) is 11.0 Å². The van der Waals surface area contributed by atoms with Crippen LogP contribution in [0.2, 0.25) is 0 Å². The number of carbonyl (C=O) groups is 4. The summed E-state index contributed by atoms with van der Waals surface area (Å²) in [5.41, 5.74) is 1.54. The Morgan fingerprint density at radius 1 is 0.833 bits per heavy atom. The molecule has 224 valence electrons. The summed E-state index contributed by atoms with van der Waals surface area (Å²) in [5, 5.41) is 0.521. The normalized spacial score (nSPS) is 21.8. The summed E-state index contributed by atoms with van der Waals surface area (Å²) in [5.74, 6) is -1.92. The Morgan fingerprint density at radius 3 is 2.07 bits per heavy atom. The number of benzene rings is 2. The summed E-state index contributed by atoms with van der Waals surface area (Å²) in [7, 11) is 1.60. The molecule has 12 nitrogen and oxygen atoms in total. The van der Waals surface area contributed by atoms with Gasteiger partial charge in [0.25, 0.3) is 0 Å². The molecule has 4 rings (SSSR count). The Kier molecular flexibility index (Phi) is 10.1. The van der Waals surface area contributed by atoms with E-state index >= 15 is 0 Å². The molecule has 0 saturated carbocycles. The molecular weight excluding hydrogens is 568 g/mol. The van der Waals surface area contributed by atoms with Crippen molar-refractivity contribution in [3.05, 3.63) is 54.1 Å². The number of imidazole rings is 1. The van der Waals surface area contributed by atoms with E-state index in [-0.39, 0.29) is 6.61 Å². The van der Waals surface area contributed by atoms with Gasteiger partial charge >= 0.3 is 23.9 Å². The molecule has 5 atom stereocenters. The number of nitrogens with zero attached hydrogens (tertiary/aromatic N) is 2. The summed E-state index contributed by atoms with van der Waals surface area (Å²) >= 11 is 1.14. The smallest absolute Gasteiger partial charge is 0.303 e. The number of carbonyl (C=O) groups excluding carboxylic acids is 4. The van der Waals surface area contributed by atoms with Gasteiger partial charge in [0.2, 0.25) is 0 Å². The number of para-hydroxylation sites is 2. The fraction of sp³-hybridized carbons (Fsp3) is 0.414. The molecule has 1 saturated heterocycles. The molecule has 3 aromatic rings. The summed E-state index contributed by atoms with van der Waals surface area (Å²) in [6.07, 6.45) is -4.75. The number of hydrogen-bond acceptors (Lipinski definition) is 12. The lowest BCUT2D eigenvalue weighted by molar-refractivity contribution is -0.237. The van der Waals surface area contributed by atoms with Crippen molar-refractivity contribution in [1.82, 2.24) is 9.55 Å². The van der Waals surface area contributed by atoms with Gasteiger partial charge in [-0.25, -0.2) is 4.98 Å². The van der Waals surface area contributed by atoms with Crippen LogP contribution in [0.15, 0.2) is 53.7 Å². The monoisotopic (exact) mass is 600 g/mol. The van der Waals surface area contributed by atoms with Crippen LogP contribution in [0.4, 0.5) is 0 Å². The Balaban J connectivity index is 1.76. The Morgan fingerprint density at radius 2 is 1.45 bits per heavy atom. The number of ether oxygens (including phenoxy) is 6. The van der Waals surface area contributed by atoms with Gasteiger partial charge < -0.3 is 33.0 Å². The van der Waals surface area contributed by atoms with Gasteiger partial charge in [-0.1, -0.05) is 36.0 Å². The van der Waals surface area contributed by atoms with Crippen molar-refractivity contribution >= 4 is 46.7 Å². The van der Waals surface area contributed by atoms with Crippen molar-refractivity contribution in [2.24, 2.45) is 0 Å². The van der Waals surface area contributed by atoms with Crippen molar-refractivity contribution in [3.63, 3.8) is 0 Å². The van der Waals surface area contributed by atoms with E-state index in [0.29, 0.717) is 11.7 Å². The van der Waals surface area contributed by atoms with Crippen molar-refractivity contribution in [3.8, 4) is 5.75 Å². The second kappa shape index (κ2) is 13.7. The van der Waals surface area contributed by atoms with Crippen LogP contribution in [0.1, 0.15) is 33.3 Å². The maximum absolute atomic E-state index is 12.2. The molecule has 13 heteroatoms. The lowest BCUT2D eigenvalue weighted by atomic mass is 9.99. The number of hydrogen-bond donors (Lipinski definition) is 0. The van der Waals surface area contributed by atoms with E-state index in [0.717, 1.165) is 34.1 Å². The van der Waals surface area contributed by atoms with Crippen LogP contribution in [0.5, 0.6) is 5.75 Å². The predicted molar refractivity (Wildman–Crippen MR) is 150 cm³/mol. The molecule has 1 fully saturated rings. The summed E-state index contributed by atoms with van der Waals surface area (Å²) < 4.78 is 35.4. The average molecular weight is 601 g/mol. The van der Waals surface area contributed by atoms with Crippen LogP contribution in [-0.4, -0.2) is 77.0 Å². The number of rotatable bonds is 10. The van der Waals surface area contributed by atoms with Crippen LogP contribution in [0, 0.1) is 0 Å². The number of aromatic nitrogens is 2. The molecule has 42 heavy (non-hydrogen) atoms. The summed E-state index contributed by atoms with van der Waals surface area (Å²) in [4.78, 5) is 52.9. The Bertz CT molecular complexity index is 1440. The van der Waals surface area contributed by atoms with Crippen LogP contribution >= 0.6 is 11.8 Å². The topological polar surface area (TPSA) is 141 Å². The zero-order valence-electron chi connectivity index (χ0n) is 23.8. The molecule has 0 spiro atoms. The van der Waals surface area contributed by atoms with Crippen LogP contribution in [0.3, 0.4) is 0 Å². The zero-order valence-corrected chi connectivity index (χ0v) is 24.6. The van der Waals surface area contributed by atoms with E-state index in [9.17, 15) is 19.2 Å². The molecule has 0 aliphatic carbocycles. The number of fused-ring (bicyclic) bond motifs is 1. The van der Waals surface area contributed by atoms with E-state index in [1.54, 1.807) is 7.11 Å². The summed E-state index contributed by atoms with van der Waals surface area (Å²) in [6, 6.07) is 15.2. The van der Waals surface area contributed by atoms with Crippen LogP contribution in [-0.2, 0) is 49.4 Å². The Labute approximate surface area is 246 Å². The van der Waals surface area contributed by atoms with Gasteiger partial charge in [-0.2, -0.15) is 0 Å². The van der Waals surface area contributed by atoms with Gasteiger partial charge in [0.15, 0.2) is 28.9 Å². The number of esters is 4. The highest BCUT2D eigenvalue weighted by atomic mass is 32.2. The maximum Gasteiger partial charge on any atom is 0.303 e. The first-order chi connectivity index (χ1) is 20.0. The third kappa shape index (κ3) is 7.59. The quantitative estimate of drug-likeness (QED) is 0.249. The van der Waals surface area contributed by atoms with Crippen molar-refractivity contribution in [1.29, 1.82) is 0 Å². The fourth-order valence-electron chi connectivity index (χ4n) is 4.60. The molecule has 0 amide bonds. The van der Waals surface area contributed by atoms with Gasteiger partial charge in [0, 0.05) is 27.7 Å². The lowest BCUT2D eigenvalue weighted by Crippen LogP contribution is -2.61. The van der Waals surface area contributed by atoms with Crippen molar-refractivity contribution in [2.45, 2.75) is 69.2 Å². The van der Waals surface area contributed by atoms with Gasteiger partial charge in [-0.3, -0.25) is 19.2 Å². The van der Waals surface area contributed by atoms with Crippen molar-refractivity contribution < 1.29 is 47.6 Å². The summed E-state index contributed by atoms with van der Waals surface area (Å²) in [6.45, 7) is 4.93. The highest BCUT2D eigenvalue weighted by Crippen LogP contribution is 2.38. The zero-order chi connectivity index (χ0) is 30.4. The van der Waals surface area contributed by atoms with E-state index in [1.807, 2.05) is 53.1 Å². The van der Waals surface area contributed by atoms with E-state index in [4.69, 9.17) is 33.4 Å². The molecule has 1 aliphatic rings. The molecule has 1 aliphatic heterocycles. The average Bonchev–Trinajstić information content (AvgIpc) is 3.27. The minimum atomic E-state index is -1.26. The molecule has 2 aromatic carbocycles. The first-order valence-corrected chi connectivity index (χ1v) is 14.0. The molecule has 0 radical (unpaired) electrons. The number of methoxy groups -OCH3 is 1. The second-order valence-electron chi connectivity index (χ2n) is 9.50. The number of thioether (sulfide) groups is 1. The molecular formula is C29H32N2O10S. The Hall–Kier alpha value is -4.10. The van der Waals surface area contributed by atoms with Gasteiger partial charge in [0.05, 0.1) is 24.7 Å². The lowest BCUT2D eigenvalue weighted by Gasteiger charge is -2.44. The fourth-order valence-corrected chi connectivity index (χ4v) is 5.79. The predicted octanol–water partition coefficient (Wildman–Crippen LogP) is 3.27. The molecule has 0 N–H and O–H groups in total. The van der Waals surface area contributed by atoms with Crippen LogP contribution < -0.4 is 4.74 Å². The third-order valence-corrected chi connectivity index (χ3v) is 7.42. The third-order valence-electron chi connectivity index (χ3n) is 6.29. The second-order valence-corrected chi connectivity index (χ2v) is 10.6. The largest absolute Gasteiger partial charge is 0.497 e. The highest BCUT2D eigenvalue weighted by molar-refractivity contribution is 7.99. The molecule has 2 heterocycles.